The van der Waals surface area contributed by atoms with Crippen molar-refractivity contribution in [2.75, 3.05) is 26.2 Å². The number of rotatable bonds is 9. The highest BCUT2D eigenvalue weighted by molar-refractivity contribution is 5.97. The van der Waals surface area contributed by atoms with Crippen LogP contribution in [0.2, 0.25) is 0 Å². The van der Waals surface area contributed by atoms with Gasteiger partial charge in [0.25, 0.3) is 5.69 Å². The van der Waals surface area contributed by atoms with Crippen molar-refractivity contribution in [2.24, 2.45) is 0 Å². The lowest BCUT2D eigenvalue weighted by molar-refractivity contribution is -0.384. The van der Waals surface area contributed by atoms with Gasteiger partial charge in [0.15, 0.2) is 0 Å². The Balaban J connectivity index is 1.18. The van der Waals surface area contributed by atoms with Crippen LogP contribution in [-0.2, 0) is 14.9 Å². The van der Waals surface area contributed by atoms with Crippen LogP contribution in [0, 0.1) is 10.1 Å². The van der Waals surface area contributed by atoms with Gasteiger partial charge in [0, 0.05) is 41.1 Å². The highest BCUT2D eigenvalue weighted by Gasteiger charge is 2.39. The molecular weight excluding hydrogens is 570 g/mol. The second-order valence-electron chi connectivity index (χ2n) is 11.5. The molecular formula is C35H35N5O5. The van der Waals surface area contributed by atoms with Crippen LogP contribution in [0.15, 0.2) is 113 Å². The van der Waals surface area contributed by atoms with Crippen LogP contribution >= 0.6 is 0 Å². The third-order valence-corrected chi connectivity index (χ3v) is 8.99. The van der Waals surface area contributed by atoms with Gasteiger partial charge in [-0.25, -0.2) is 4.79 Å². The number of piperidine rings is 1. The monoisotopic (exact) mass is 605 g/mol. The molecule has 0 amide bonds. The molecule has 230 valence electrons. The number of likely N-dealkylation sites (tertiary alicyclic amines) is 1. The van der Waals surface area contributed by atoms with E-state index in [1.165, 1.54) is 29.7 Å². The van der Waals surface area contributed by atoms with Crippen molar-refractivity contribution >= 4 is 17.2 Å². The summed E-state index contributed by atoms with van der Waals surface area (Å²) in [5.74, 6) is -0.977. The van der Waals surface area contributed by atoms with E-state index < -0.39 is 16.8 Å². The molecule has 1 unspecified atom stereocenters. The first kappa shape index (κ1) is 30.0. The molecule has 1 aromatic heterocycles. The first-order valence-corrected chi connectivity index (χ1v) is 15.1. The molecule has 1 N–H and O–H groups in total. The van der Waals surface area contributed by atoms with Gasteiger partial charge in [-0.05, 0) is 56.5 Å². The fourth-order valence-corrected chi connectivity index (χ4v) is 6.75. The SMILES string of the molecule is CC1=C(C(=O)OCCN2CCC(c3ccccc3)(c3ccccc3)CC2)C(c2cccc([N+](=O)[O-])c2)C(c2nnco2)=C(C)N1. The van der Waals surface area contributed by atoms with E-state index in [1.807, 2.05) is 6.92 Å². The lowest BCUT2D eigenvalue weighted by atomic mass is 9.68. The molecule has 3 aromatic carbocycles. The second kappa shape index (κ2) is 12.9. The Labute approximate surface area is 261 Å². The normalized spacial score (nSPS) is 18.4. The van der Waals surface area contributed by atoms with E-state index in [9.17, 15) is 14.9 Å². The standard InChI is InChI=1S/C35H35N5O5/c1-24-30(33-38-36-23-45-33)32(26-10-9-15-29(22-26)40(42)43)31(25(2)37-24)34(41)44-21-20-39-18-16-35(17-19-39,27-11-5-3-6-12-27)28-13-7-4-8-14-28/h3-15,22-23,32,37H,16-21H2,1-2H3. The van der Waals surface area contributed by atoms with Gasteiger partial charge in [0.1, 0.15) is 6.61 Å². The Morgan fingerprint density at radius 3 is 2.27 bits per heavy atom. The van der Waals surface area contributed by atoms with Crippen molar-refractivity contribution in [3.05, 3.63) is 141 Å². The van der Waals surface area contributed by atoms with Crippen molar-refractivity contribution in [1.29, 1.82) is 0 Å². The molecule has 0 radical (unpaired) electrons. The first-order chi connectivity index (χ1) is 21.9. The van der Waals surface area contributed by atoms with Gasteiger partial charge in [-0.1, -0.05) is 72.8 Å². The zero-order valence-corrected chi connectivity index (χ0v) is 25.3. The molecule has 45 heavy (non-hydrogen) atoms. The van der Waals surface area contributed by atoms with Gasteiger partial charge in [-0.15, -0.1) is 10.2 Å². The van der Waals surface area contributed by atoms with Crippen LogP contribution in [0.5, 0.6) is 0 Å². The van der Waals surface area contributed by atoms with E-state index in [2.05, 4.69) is 81.1 Å². The van der Waals surface area contributed by atoms with Gasteiger partial charge in [-0.3, -0.25) is 15.0 Å². The Bertz CT molecular complexity index is 1690. The molecule has 1 saturated heterocycles. The fraction of sp³-hybridized carbons (Fsp3) is 0.286. The van der Waals surface area contributed by atoms with Crippen LogP contribution in [-0.4, -0.2) is 52.2 Å². The van der Waals surface area contributed by atoms with E-state index in [0.717, 1.165) is 25.9 Å². The van der Waals surface area contributed by atoms with E-state index in [1.54, 1.807) is 19.1 Å². The van der Waals surface area contributed by atoms with Gasteiger partial charge in [-0.2, -0.15) is 0 Å². The number of benzene rings is 3. The van der Waals surface area contributed by atoms with E-state index in [4.69, 9.17) is 9.15 Å². The molecule has 0 aliphatic carbocycles. The molecule has 2 aliphatic rings. The van der Waals surface area contributed by atoms with Crippen molar-refractivity contribution in [3.63, 3.8) is 0 Å². The fourth-order valence-electron chi connectivity index (χ4n) is 6.75. The molecule has 4 aromatic rings. The Kier molecular flexibility index (Phi) is 8.57. The van der Waals surface area contributed by atoms with Gasteiger partial charge >= 0.3 is 5.97 Å². The van der Waals surface area contributed by atoms with Crippen molar-refractivity contribution < 1.29 is 18.9 Å². The van der Waals surface area contributed by atoms with Gasteiger partial charge in [0.05, 0.1) is 16.4 Å². The number of hydrogen-bond donors (Lipinski definition) is 1. The maximum atomic E-state index is 13.8. The minimum Gasteiger partial charge on any atom is -0.461 e. The molecule has 0 bridgehead atoms. The Morgan fingerprint density at radius 2 is 1.67 bits per heavy atom. The predicted molar refractivity (Wildman–Crippen MR) is 169 cm³/mol. The van der Waals surface area contributed by atoms with E-state index in [0.29, 0.717) is 34.6 Å². The summed E-state index contributed by atoms with van der Waals surface area (Å²) in [7, 11) is 0. The minimum absolute atomic E-state index is 0.0633. The summed E-state index contributed by atoms with van der Waals surface area (Å²) in [4.78, 5) is 27.3. The summed E-state index contributed by atoms with van der Waals surface area (Å²) >= 11 is 0. The van der Waals surface area contributed by atoms with Gasteiger partial charge < -0.3 is 14.5 Å². The predicted octanol–water partition coefficient (Wildman–Crippen LogP) is 6.00. The molecule has 0 spiro atoms. The van der Waals surface area contributed by atoms with Crippen LogP contribution in [0.4, 0.5) is 5.69 Å². The molecule has 1 fully saturated rings. The zero-order chi connectivity index (χ0) is 31.4. The molecule has 1 atom stereocenters. The van der Waals surface area contributed by atoms with Crippen molar-refractivity contribution in [2.45, 2.75) is 38.0 Å². The number of hydrogen-bond acceptors (Lipinski definition) is 9. The number of aromatic nitrogens is 2. The number of esters is 1. The summed E-state index contributed by atoms with van der Waals surface area (Å²) in [5.41, 5.74) is 5.28. The molecule has 0 saturated carbocycles. The highest BCUT2D eigenvalue weighted by atomic mass is 16.6. The third-order valence-electron chi connectivity index (χ3n) is 8.99. The summed E-state index contributed by atoms with van der Waals surface area (Å²) in [6, 6.07) is 27.6. The zero-order valence-electron chi connectivity index (χ0n) is 25.3. The first-order valence-electron chi connectivity index (χ1n) is 15.1. The molecule has 10 nitrogen and oxygen atoms in total. The maximum absolute atomic E-state index is 13.8. The van der Waals surface area contributed by atoms with Crippen LogP contribution < -0.4 is 5.32 Å². The number of dihydropyridines is 1. The molecule has 2 aliphatic heterocycles. The van der Waals surface area contributed by atoms with Crippen molar-refractivity contribution in [1.82, 2.24) is 20.4 Å². The van der Waals surface area contributed by atoms with E-state index in [-0.39, 0.29) is 23.6 Å². The van der Waals surface area contributed by atoms with Crippen LogP contribution in [0.25, 0.3) is 5.57 Å². The summed E-state index contributed by atoms with van der Waals surface area (Å²) < 4.78 is 11.4. The lowest BCUT2D eigenvalue weighted by Crippen LogP contribution is -2.44. The highest BCUT2D eigenvalue weighted by Crippen LogP contribution is 2.44. The molecule has 3 heterocycles. The number of non-ortho nitro benzene ring substituents is 1. The third kappa shape index (κ3) is 6.01. The topological polar surface area (TPSA) is 124 Å². The minimum atomic E-state index is -0.702. The van der Waals surface area contributed by atoms with Crippen LogP contribution in [0.1, 0.15) is 55.2 Å². The number of ether oxygens (including phenoxy) is 1. The largest absolute Gasteiger partial charge is 0.461 e. The number of nitrogens with one attached hydrogen (secondary N) is 1. The average molecular weight is 606 g/mol. The smallest absolute Gasteiger partial charge is 0.336 e. The van der Waals surface area contributed by atoms with Gasteiger partial charge in [0.2, 0.25) is 12.3 Å². The maximum Gasteiger partial charge on any atom is 0.336 e. The Morgan fingerprint density at radius 1 is 1.00 bits per heavy atom. The van der Waals surface area contributed by atoms with Crippen molar-refractivity contribution in [3.8, 4) is 0 Å². The number of nitro groups is 1. The summed E-state index contributed by atoms with van der Waals surface area (Å²) in [6.45, 7) is 6.18. The summed E-state index contributed by atoms with van der Waals surface area (Å²) in [5, 5.41) is 22.8. The quantitative estimate of drug-likeness (QED) is 0.139. The second-order valence-corrected chi connectivity index (χ2v) is 11.5. The van der Waals surface area contributed by atoms with E-state index >= 15 is 0 Å². The van der Waals surface area contributed by atoms with Crippen LogP contribution in [0.3, 0.4) is 0 Å². The number of carbonyl (C=O) groups is 1. The number of allylic oxidation sites excluding steroid dienone is 3. The Hall–Kier alpha value is -5.09. The average Bonchev–Trinajstić information content (AvgIpc) is 3.60. The number of carbonyl (C=O) groups excluding carboxylic acids is 1. The molecule has 6 rings (SSSR count). The summed E-state index contributed by atoms with van der Waals surface area (Å²) in [6.07, 6.45) is 3.12. The number of nitro benzene ring substituents is 1. The molecule has 10 heteroatoms. The lowest BCUT2D eigenvalue weighted by Gasteiger charge is -2.43. The number of nitrogens with zero attached hydrogens (tertiary/aromatic N) is 4.